The quantitative estimate of drug-likeness (QED) is 0.795. The molecule has 2 amide bonds. The highest BCUT2D eigenvalue weighted by Gasteiger charge is 2.57. The molecule has 2 atom stereocenters. The van der Waals surface area contributed by atoms with E-state index in [1.807, 2.05) is 46.0 Å². The van der Waals surface area contributed by atoms with Crippen LogP contribution in [0.15, 0.2) is 30.3 Å². The molecule has 2 aliphatic rings. The molecule has 0 radical (unpaired) electrons. The molecule has 0 N–H and O–H groups in total. The van der Waals surface area contributed by atoms with Crippen molar-refractivity contribution in [3.63, 3.8) is 0 Å². The van der Waals surface area contributed by atoms with Crippen molar-refractivity contribution in [3.05, 3.63) is 35.9 Å². The minimum Gasteiger partial charge on any atom is -0.444 e. The van der Waals surface area contributed by atoms with Crippen LogP contribution >= 0.6 is 0 Å². The number of benzene rings is 1. The Labute approximate surface area is 143 Å². The van der Waals surface area contributed by atoms with Crippen LogP contribution in [-0.4, -0.2) is 54.1 Å². The van der Waals surface area contributed by atoms with E-state index in [9.17, 15) is 9.59 Å². The molecule has 0 saturated carbocycles. The van der Waals surface area contributed by atoms with Crippen molar-refractivity contribution in [1.29, 1.82) is 0 Å². The summed E-state index contributed by atoms with van der Waals surface area (Å²) in [5, 5.41) is 0. The fraction of sp³-hybridized carbons (Fsp3) is 0.579. The van der Waals surface area contributed by atoms with Crippen LogP contribution in [0.4, 0.5) is 4.79 Å². The molecular formula is C19H26N2O3. The van der Waals surface area contributed by atoms with Gasteiger partial charge in [0.15, 0.2) is 0 Å². The predicted molar refractivity (Wildman–Crippen MR) is 91.7 cm³/mol. The zero-order valence-corrected chi connectivity index (χ0v) is 14.9. The van der Waals surface area contributed by atoms with E-state index in [1.165, 1.54) is 5.56 Å². The van der Waals surface area contributed by atoms with Crippen molar-refractivity contribution in [2.75, 3.05) is 26.7 Å². The van der Waals surface area contributed by atoms with Crippen LogP contribution < -0.4 is 0 Å². The number of nitrogens with zero attached hydrogens (tertiary/aromatic N) is 2. The van der Waals surface area contributed by atoms with Gasteiger partial charge in [-0.3, -0.25) is 4.79 Å². The van der Waals surface area contributed by atoms with Crippen molar-refractivity contribution in [2.24, 2.45) is 5.41 Å². The lowest BCUT2D eigenvalue weighted by Crippen LogP contribution is -2.41. The molecule has 1 aromatic carbocycles. The summed E-state index contributed by atoms with van der Waals surface area (Å²) < 4.78 is 5.49. The van der Waals surface area contributed by atoms with E-state index in [2.05, 4.69) is 12.1 Å². The van der Waals surface area contributed by atoms with Gasteiger partial charge in [-0.25, -0.2) is 4.79 Å². The van der Waals surface area contributed by atoms with Crippen molar-refractivity contribution >= 4 is 12.0 Å². The van der Waals surface area contributed by atoms with Crippen molar-refractivity contribution in [3.8, 4) is 0 Å². The summed E-state index contributed by atoms with van der Waals surface area (Å²) in [5.41, 5.74) is 0.121. The van der Waals surface area contributed by atoms with Gasteiger partial charge in [0.2, 0.25) is 5.91 Å². The average molecular weight is 330 g/mol. The summed E-state index contributed by atoms with van der Waals surface area (Å²) in [6.07, 6.45) is 0.364. The number of likely N-dealkylation sites (tertiary alicyclic amines) is 2. The molecule has 0 aliphatic carbocycles. The van der Waals surface area contributed by atoms with Crippen LogP contribution in [0.1, 0.15) is 38.7 Å². The van der Waals surface area contributed by atoms with Gasteiger partial charge in [-0.2, -0.15) is 0 Å². The molecule has 5 heteroatoms. The first-order chi connectivity index (χ1) is 11.2. The molecular weight excluding hydrogens is 304 g/mol. The molecule has 24 heavy (non-hydrogen) atoms. The standard InChI is InChI=1S/C19H26N2O3/c1-18(2,3)24-17(23)21-11-10-19(13-21)15(12-20(4)16(19)22)14-8-6-5-7-9-14/h5-9,15H,10-13H2,1-4H3. The molecule has 2 heterocycles. The molecule has 130 valence electrons. The van der Waals surface area contributed by atoms with E-state index >= 15 is 0 Å². The third-order valence-electron chi connectivity index (χ3n) is 5.05. The first-order valence-electron chi connectivity index (χ1n) is 8.51. The van der Waals surface area contributed by atoms with E-state index in [1.54, 1.807) is 9.80 Å². The summed E-state index contributed by atoms with van der Waals surface area (Å²) in [6, 6.07) is 10.2. The number of ether oxygens (including phenoxy) is 1. The highest BCUT2D eigenvalue weighted by Crippen LogP contribution is 2.49. The number of hydrogen-bond acceptors (Lipinski definition) is 3. The van der Waals surface area contributed by atoms with Gasteiger partial charge >= 0.3 is 6.09 Å². The zero-order chi connectivity index (χ0) is 17.5. The summed E-state index contributed by atoms with van der Waals surface area (Å²) in [7, 11) is 1.85. The Morgan fingerprint density at radius 1 is 1.25 bits per heavy atom. The van der Waals surface area contributed by atoms with Crippen molar-refractivity contribution < 1.29 is 14.3 Å². The van der Waals surface area contributed by atoms with Gasteiger partial charge in [0.05, 0.1) is 5.41 Å². The Balaban J connectivity index is 1.85. The Kier molecular flexibility index (Phi) is 4.06. The lowest BCUT2D eigenvalue weighted by atomic mass is 9.73. The molecule has 2 saturated heterocycles. The molecule has 5 nitrogen and oxygen atoms in total. The molecule has 0 bridgehead atoms. The van der Waals surface area contributed by atoms with Gasteiger partial charge < -0.3 is 14.5 Å². The van der Waals surface area contributed by atoms with E-state index in [0.717, 1.165) is 0 Å². The Bertz CT molecular complexity index is 638. The lowest BCUT2D eigenvalue weighted by Gasteiger charge is -2.29. The van der Waals surface area contributed by atoms with Gasteiger partial charge in [-0.05, 0) is 32.8 Å². The van der Waals surface area contributed by atoms with Crippen molar-refractivity contribution in [1.82, 2.24) is 9.80 Å². The molecule has 2 unspecified atom stereocenters. The minimum atomic E-state index is -0.526. The molecule has 2 aliphatic heterocycles. The predicted octanol–water partition coefficient (Wildman–Crippen LogP) is 2.87. The largest absolute Gasteiger partial charge is 0.444 e. The van der Waals surface area contributed by atoms with E-state index in [0.29, 0.717) is 26.1 Å². The Morgan fingerprint density at radius 3 is 2.54 bits per heavy atom. The molecule has 3 rings (SSSR count). The van der Waals surface area contributed by atoms with Crippen molar-refractivity contribution in [2.45, 2.75) is 38.7 Å². The van der Waals surface area contributed by atoms with Crippen LogP contribution in [0.25, 0.3) is 0 Å². The summed E-state index contributed by atoms with van der Waals surface area (Å²) in [6.45, 7) is 7.28. The third-order valence-corrected chi connectivity index (χ3v) is 5.05. The summed E-state index contributed by atoms with van der Waals surface area (Å²) in [4.78, 5) is 28.8. The van der Waals surface area contributed by atoms with Crippen LogP contribution in [0, 0.1) is 5.41 Å². The number of carbonyl (C=O) groups excluding carboxylic acids is 2. The molecule has 2 fully saturated rings. The topological polar surface area (TPSA) is 49.9 Å². The lowest BCUT2D eigenvalue weighted by molar-refractivity contribution is -0.134. The number of carbonyl (C=O) groups is 2. The van der Waals surface area contributed by atoms with Crippen LogP contribution in [-0.2, 0) is 9.53 Å². The van der Waals surface area contributed by atoms with E-state index < -0.39 is 11.0 Å². The fourth-order valence-corrected chi connectivity index (χ4v) is 3.94. The van der Waals surface area contributed by atoms with Gasteiger partial charge in [-0.15, -0.1) is 0 Å². The zero-order valence-electron chi connectivity index (χ0n) is 14.9. The molecule has 1 spiro atoms. The van der Waals surface area contributed by atoms with Gasteiger partial charge in [0.25, 0.3) is 0 Å². The van der Waals surface area contributed by atoms with E-state index in [-0.39, 0.29) is 17.9 Å². The number of amides is 2. The highest BCUT2D eigenvalue weighted by molar-refractivity contribution is 5.88. The van der Waals surface area contributed by atoms with Gasteiger partial charge in [0, 0.05) is 32.6 Å². The van der Waals surface area contributed by atoms with Crippen LogP contribution in [0.5, 0.6) is 0 Å². The first-order valence-corrected chi connectivity index (χ1v) is 8.51. The smallest absolute Gasteiger partial charge is 0.410 e. The minimum absolute atomic E-state index is 0.114. The highest BCUT2D eigenvalue weighted by atomic mass is 16.6. The average Bonchev–Trinajstić information content (AvgIpc) is 3.06. The second-order valence-corrected chi connectivity index (χ2v) is 7.96. The SMILES string of the molecule is CN1CC(c2ccccc2)C2(CCN(C(=O)OC(C)(C)C)C2)C1=O. The maximum Gasteiger partial charge on any atom is 0.410 e. The normalized spacial score (nSPS) is 27.2. The maximum atomic E-state index is 12.9. The second-order valence-electron chi connectivity index (χ2n) is 7.96. The summed E-state index contributed by atoms with van der Waals surface area (Å²) >= 11 is 0. The van der Waals surface area contributed by atoms with Crippen LogP contribution in [0.3, 0.4) is 0 Å². The molecule has 0 aromatic heterocycles. The van der Waals surface area contributed by atoms with Gasteiger partial charge in [0.1, 0.15) is 5.60 Å². The first kappa shape index (κ1) is 16.8. The third kappa shape index (κ3) is 2.87. The number of rotatable bonds is 1. The monoisotopic (exact) mass is 330 g/mol. The maximum absolute atomic E-state index is 12.9. The van der Waals surface area contributed by atoms with Crippen LogP contribution in [0.2, 0.25) is 0 Å². The second kappa shape index (κ2) is 5.80. The number of likely N-dealkylation sites (N-methyl/N-ethyl adjacent to an activating group) is 1. The number of hydrogen-bond donors (Lipinski definition) is 0. The summed E-state index contributed by atoms with van der Waals surface area (Å²) in [5.74, 6) is 0.256. The Morgan fingerprint density at radius 2 is 1.92 bits per heavy atom. The van der Waals surface area contributed by atoms with E-state index in [4.69, 9.17) is 4.74 Å². The molecule has 1 aromatic rings. The Hall–Kier alpha value is -2.04. The van der Waals surface area contributed by atoms with Gasteiger partial charge in [-0.1, -0.05) is 30.3 Å². The fourth-order valence-electron chi connectivity index (χ4n) is 3.94.